The molecular weight excluding hydrogens is 386 g/mol. The first kappa shape index (κ1) is 20.1. The Morgan fingerprint density at radius 1 is 1.10 bits per heavy atom. The Bertz CT molecular complexity index is 1010. The van der Waals surface area contributed by atoms with Crippen LogP contribution in [0.3, 0.4) is 0 Å². The molecule has 0 radical (unpaired) electrons. The average Bonchev–Trinajstić information content (AvgIpc) is 3.21. The van der Waals surface area contributed by atoms with E-state index in [4.69, 9.17) is 9.73 Å². The first-order valence-electron chi connectivity index (χ1n) is 11.6. The van der Waals surface area contributed by atoms with Crippen molar-refractivity contribution in [3.8, 4) is 11.5 Å². The minimum atomic E-state index is 0.165. The van der Waals surface area contributed by atoms with Crippen molar-refractivity contribution in [1.29, 1.82) is 0 Å². The summed E-state index contributed by atoms with van der Waals surface area (Å²) in [7, 11) is 0. The highest BCUT2D eigenvalue weighted by Gasteiger charge is 2.32. The number of carbonyl (C=O) groups excluding carboxylic acids is 1. The molecular formula is C26H31N3O2. The molecule has 1 amide bonds. The number of aryl methyl sites for hydroxylation is 1. The maximum absolute atomic E-state index is 13.0. The van der Waals surface area contributed by atoms with Crippen LogP contribution in [-0.2, 0) is 4.79 Å². The highest BCUT2D eigenvalue weighted by atomic mass is 16.5. The van der Waals surface area contributed by atoms with E-state index in [0.29, 0.717) is 18.2 Å². The van der Waals surface area contributed by atoms with E-state index < -0.39 is 0 Å². The molecule has 162 valence electrons. The fourth-order valence-electron chi connectivity index (χ4n) is 5.18. The molecule has 1 atom stereocenters. The van der Waals surface area contributed by atoms with Crippen LogP contribution in [0.5, 0.6) is 11.5 Å². The topological polar surface area (TPSA) is 45.1 Å². The first-order chi connectivity index (χ1) is 15.1. The molecule has 5 nitrogen and oxygen atoms in total. The van der Waals surface area contributed by atoms with Gasteiger partial charge in [0.05, 0.1) is 5.56 Å². The van der Waals surface area contributed by atoms with E-state index in [1.54, 1.807) is 0 Å². The van der Waals surface area contributed by atoms with Gasteiger partial charge in [-0.2, -0.15) is 0 Å². The van der Waals surface area contributed by atoms with E-state index in [1.165, 1.54) is 31.2 Å². The lowest BCUT2D eigenvalue weighted by Crippen LogP contribution is -2.55. The van der Waals surface area contributed by atoms with E-state index in [9.17, 15) is 4.79 Å². The van der Waals surface area contributed by atoms with Crippen molar-refractivity contribution >= 4 is 17.4 Å². The van der Waals surface area contributed by atoms with Crippen LogP contribution in [-0.4, -0.2) is 47.2 Å². The summed E-state index contributed by atoms with van der Waals surface area (Å²) in [5, 5.41) is 0. The molecule has 2 fully saturated rings. The zero-order chi connectivity index (χ0) is 21.4. The number of nitrogens with zero attached hydrogens (tertiary/aromatic N) is 3. The van der Waals surface area contributed by atoms with Gasteiger partial charge < -0.3 is 14.5 Å². The van der Waals surface area contributed by atoms with Gasteiger partial charge >= 0.3 is 0 Å². The Morgan fingerprint density at radius 3 is 2.71 bits per heavy atom. The predicted molar refractivity (Wildman–Crippen MR) is 123 cm³/mol. The van der Waals surface area contributed by atoms with Crippen molar-refractivity contribution in [3.63, 3.8) is 0 Å². The summed E-state index contributed by atoms with van der Waals surface area (Å²) in [5.74, 6) is 3.47. The molecule has 0 bridgehead atoms. The first-order valence-corrected chi connectivity index (χ1v) is 11.6. The van der Waals surface area contributed by atoms with Gasteiger partial charge in [0.25, 0.3) is 0 Å². The molecule has 0 spiro atoms. The van der Waals surface area contributed by atoms with Crippen molar-refractivity contribution in [2.24, 2.45) is 10.9 Å². The van der Waals surface area contributed by atoms with Gasteiger partial charge in [-0.15, -0.1) is 0 Å². The Labute approximate surface area is 184 Å². The summed E-state index contributed by atoms with van der Waals surface area (Å²) in [6, 6.07) is 14.4. The summed E-state index contributed by atoms with van der Waals surface area (Å²) < 4.78 is 6.23. The molecule has 0 N–H and O–H groups in total. The molecule has 1 saturated heterocycles. The number of amides is 1. The number of piperazine rings is 1. The second kappa shape index (κ2) is 8.37. The third-order valence-electron chi connectivity index (χ3n) is 6.87. The third kappa shape index (κ3) is 4.06. The molecule has 2 heterocycles. The van der Waals surface area contributed by atoms with E-state index >= 15 is 0 Å². The van der Waals surface area contributed by atoms with Crippen LogP contribution in [0.15, 0.2) is 47.5 Å². The van der Waals surface area contributed by atoms with Gasteiger partial charge in [-0.3, -0.25) is 4.79 Å². The van der Waals surface area contributed by atoms with Crippen molar-refractivity contribution < 1.29 is 9.53 Å². The van der Waals surface area contributed by atoms with Crippen LogP contribution in [0, 0.1) is 12.8 Å². The smallest absolute Gasteiger partial charge is 0.223 e. The highest BCUT2D eigenvalue weighted by Crippen LogP contribution is 2.38. The van der Waals surface area contributed by atoms with Crippen LogP contribution in [0.4, 0.5) is 5.69 Å². The summed E-state index contributed by atoms with van der Waals surface area (Å²) in [6.45, 7) is 6.57. The number of carbonyl (C=O) groups is 1. The molecule has 5 rings (SSSR count). The monoisotopic (exact) mass is 417 g/mol. The SMILES string of the molecule is Cc1ccc2c(c1)C(N1CCN(C(=O)CC3CCCC3)C(C)C1)=Nc1ccccc1O2. The number of para-hydroxylation sites is 2. The number of rotatable bonds is 2. The van der Waals surface area contributed by atoms with E-state index in [0.717, 1.165) is 48.2 Å². The summed E-state index contributed by atoms with van der Waals surface area (Å²) in [5.41, 5.74) is 3.05. The Hall–Kier alpha value is -2.82. The standard InChI is InChI=1S/C26H31N3O2/c1-18-11-12-23-21(15-18)26(27-22-9-5-6-10-24(22)31-23)28-13-14-29(19(2)17-28)25(30)16-20-7-3-4-8-20/h5-6,9-12,15,19-20H,3-4,7-8,13-14,16-17H2,1-2H3. The Morgan fingerprint density at radius 2 is 1.90 bits per heavy atom. The molecule has 5 heteroatoms. The van der Waals surface area contributed by atoms with Crippen molar-refractivity contribution in [1.82, 2.24) is 9.80 Å². The van der Waals surface area contributed by atoms with Crippen molar-refractivity contribution in [3.05, 3.63) is 53.6 Å². The van der Waals surface area contributed by atoms with Crippen molar-refractivity contribution in [2.45, 2.75) is 52.0 Å². The van der Waals surface area contributed by atoms with Gasteiger partial charge in [0.1, 0.15) is 17.3 Å². The second-order valence-corrected chi connectivity index (χ2v) is 9.24. The number of amidine groups is 1. The Balaban J connectivity index is 1.40. The summed E-state index contributed by atoms with van der Waals surface area (Å²) >= 11 is 0. The lowest BCUT2D eigenvalue weighted by atomic mass is 10.0. The van der Waals surface area contributed by atoms with Gasteiger partial charge in [0.15, 0.2) is 5.75 Å². The minimum Gasteiger partial charge on any atom is -0.454 e. The average molecular weight is 418 g/mol. The Kier molecular flexibility index (Phi) is 5.43. The zero-order valence-corrected chi connectivity index (χ0v) is 18.5. The van der Waals surface area contributed by atoms with Gasteiger partial charge in [-0.1, -0.05) is 36.6 Å². The lowest BCUT2D eigenvalue weighted by Gasteiger charge is -2.41. The number of hydrogen-bond acceptors (Lipinski definition) is 4. The van der Waals surface area contributed by atoms with Crippen LogP contribution >= 0.6 is 0 Å². The second-order valence-electron chi connectivity index (χ2n) is 9.24. The molecule has 1 saturated carbocycles. The van der Waals surface area contributed by atoms with E-state index in [2.05, 4.69) is 35.8 Å². The minimum absolute atomic E-state index is 0.165. The largest absolute Gasteiger partial charge is 0.454 e. The quantitative estimate of drug-likeness (QED) is 0.667. The predicted octanol–water partition coefficient (Wildman–Crippen LogP) is 5.29. The number of hydrogen-bond donors (Lipinski definition) is 0. The molecule has 31 heavy (non-hydrogen) atoms. The highest BCUT2D eigenvalue weighted by molar-refractivity contribution is 6.04. The zero-order valence-electron chi connectivity index (χ0n) is 18.5. The molecule has 1 aliphatic carbocycles. The summed E-state index contributed by atoms with van der Waals surface area (Å²) in [6.07, 6.45) is 5.71. The van der Waals surface area contributed by atoms with Crippen LogP contribution in [0.25, 0.3) is 0 Å². The maximum atomic E-state index is 13.0. The lowest BCUT2D eigenvalue weighted by molar-refractivity contribution is -0.135. The summed E-state index contributed by atoms with van der Waals surface area (Å²) in [4.78, 5) is 22.4. The molecule has 1 unspecified atom stereocenters. The number of aliphatic imine (C=N–C) groups is 1. The van der Waals surface area contributed by atoms with Crippen LogP contribution in [0.1, 0.15) is 50.2 Å². The molecule has 2 aromatic rings. The van der Waals surface area contributed by atoms with Crippen molar-refractivity contribution in [2.75, 3.05) is 19.6 Å². The fraction of sp³-hybridized carbons (Fsp3) is 0.462. The third-order valence-corrected chi connectivity index (χ3v) is 6.87. The van der Waals surface area contributed by atoms with Gasteiger partial charge in [-0.25, -0.2) is 4.99 Å². The van der Waals surface area contributed by atoms with E-state index in [1.807, 2.05) is 30.3 Å². The molecule has 2 aliphatic heterocycles. The number of benzene rings is 2. The van der Waals surface area contributed by atoms with Crippen LogP contribution in [0.2, 0.25) is 0 Å². The molecule has 2 aromatic carbocycles. The van der Waals surface area contributed by atoms with Gasteiger partial charge in [-0.05, 0) is 56.9 Å². The maximum Gasteiger partial charge on any atom is 0.223 e. The fourth-order valence-corrected chi connectivity index (χ4v) is 5.18. The van der Waals surface area contributed by atoms with Gasteiger partial charge in [0.2, 0.25) is 5.91 Å². The number of fused-ring (bicyclic) bond motifs is 2. The van der Waals surface area contributed by atoms with Crippen LogP contribution < -0.4 is 4.74 Å². The number of ether oxygens (including phenoxy) is 1. The molecule has 0 aromatic heterocycles. The van der Waals surface area contributed by atoms with Gasteiger partial charge in [0, 0.05) is 32.1 Å². The van der Waals surface area contributed by atoms with E-state index in [-0.39, 0.29) is 6.04 Å². The normalized spacial score (nSPS) is 21.1. The molecule has 3 aliphatic rings.